The summed E-state index contributed by atoms with van der Waals surface area (Å²) in [6.45, 7) is 4.24. The zero-order valence-electron chi connectivity index (χ0n) is 8.20. The van der Waals surface area contributed by atoms with Gasteiger partial charge in [-0.2, -0.15) is 5.10 Å². The molecule has 0 amide bonds. The van der Waals surface area contributed by atoms with E-state index in [1.54, 1.807) is 0 Å². The van der Waals surface area contributed by atoms with E-state index in [0.717, 1.165) is 25.0 Å². The summed E-state index contributed by atoms with van der Waals surface area (Å²) in [7, 11) is 0. The Morgan fingerprint density at radius 2 is 2.38 bits per heavy atom. The first kappa shape index (κ1) is 8.75. The quantitative estimate of drug-likeness (QED) is 0.707. The van der Waals surface area contributed by atoms with E-state index in [0.29, 0.717) is 6.04 Å². The van der Waals surface area contributed by atoms with Gasteiger partial charge in [0, 0.05) is 18.7 Å². The normalized spacial score (nSPS) is 22.0. The summed E-state index contributed by atoms with van der Waals surface area (Å²) in [4.78, 5) is 0. The molecule has 13 heavy (non-hydrogen) atoms. The van der Waals surface area contributed by atoms with Gasteiger partial charge in [-0.1, -0.05) is 0 Å². The van der Waals surface area contributed by atoms with Crippen LogP contribution in [0.1, 0.15) is 37.6 Å². The van der Waals surface area contributed by atoms with Crippen molar-refractivity contribution in [2.45, 2.75) is 45.3 Å². The molecule has 1 aliphatic rings. The number of fused-ring (bicyclic) bond motifs is 1. The van der Waals surface area contributed by atoms with Crippen molar-refractivity contribution < 1.29 is 5.11 Å². The molecule has 1 heterocycles. The highest BCUT2D eigenvalue weighted by Gasteiger charge is 2.20. The van der Waals surface area contributed by atoms with Gasteiger partial charge in [0.15, 0.2) is 0 Å². The molecular formula is C10H16N2O. The number of aryl methyl sites for hydroxylation is 1. The third-order valence-electron chi connectivity index (χ3n) is 2.60. The fraction of sp³-hybridized carbons (Fsp3) is 0.700. The van der Waals surface area contributed by atoms with Gasteiger partial charge in [0.1, 0.15) is 0 Å². The van der Waals surface area contributed by atoms with Gasteiger partial charge < -0.3 is 5.11 Å². The summed E-state index contributed by atoms with van der Waals surface area (Å²) in [5, 5.41) is 13.9. The largest absolute Gasteiger partial charge is 0.393 e. The van der Waals surface area contributed by atoms with E-state index in [9.17, 15) is 5.11 Å². The molecule has 1 aromatic rings. The molecule has 0 fully saturated rings. The molecule has 0 aromatic carbocycles. The lowest BCUT2D eigenvalue weighted by Gasteiger charge is -2.14. The van der Waals surface area contributed by atoms with Crippen molar-refractivity contribution in [2.24, 2.45) is 0 Å². The van der Waals surface area contributed by atoms with Gasteiger partial charge in [0.2, 0.25) is 0 Å². The van der Waals surface area contributed by atoms with Gasteiger partial charge >= 0.3 is 0 Å². The van der Waals surface area contributed by atoms with Crippen LogP contribution >= 0.6 is 0 Å². The number of nitrogens with zero attached hydrogens (tertiary/aromatic N) is 2. The zero-order valence-corrected chi connectivity index (χ0v) is 8.20. The topological polar surface area (TPSA) is 38.0 Å². The lowest BCUT2D eigenvalue weighted by Crippen LogP contribution is -2.17. The van der Waals surface area contributed by atoms with Crippen LogP contribution in [0.4, 0.5) is 0 Å². The summed E-state index contributed by atoms with van der Waals surface area (Å²) in [5.41, 5.74) is 2.41. The van der Waals surface area contributed by atoms with Crippen molar-refractivity contribution in [2.75, 3.05) is 0 Å². The summed E-state index contributed by atoms with van der Waals surface area (Å²) < 4.78 is 1.99. The molecule has 1 unspecified atom stereocenters. The first-order valence-corrected chi connectivity index (χ1v) is 4.92. The van der Waals surface area contributed by atoms with Crippen LogP contribution in [0, 0.1) is 0 Å². The predicted octanol–water partition coefficient (Wildman–Crippen LogP) is 1.31. The monoisotopic (exact) mass is 180 g/mol. The first-order chi connectivity index (χ1) is 6.16. The van der Waals surface area contributed by atoms with Crippen LogP contribution < -0.4 is 0 Å². The molecule has 3 nitrogen and oxygen atoms in total. The highest BCUT2D eigenvalue weighted by Crippen LogP contribution is 2.21. The number of aliphatic hydroxyl groups is 1. The Labute approximate surface area is 78.4 Å². The maximum atomic E-state index is 9.45. The average molecular weight is 180 g/mol. The molecule has 0 aliphatic heterocycles. The SMILES string of the molecule is CC(C)n1cc2c(n1)CC(O)CC2. The summed E-state index contributed by atoms with van der Waals surface area (Å²) >= 11 is 0. The molecule has 1 aromatic heterocycles. The lowest BCUT2D eigenvalue weighted by molar-refractivity contribution is 0.157. The smallest absolute Gasteiger partial charge is 0.0682 e. The van der Waals surface area contributed by atoms with Crippen molar-refractivity contribution in [1.82, 2.24) is 9.78 Å². The molecular weight excluding hydrogens is 164 g/mol. The van der Waals surface area contributed by atoms with E-state index in [4.69, 9.17) is 0 Å². The highest BCUT2D eigenvalue weighted by atomic mass is 16.3. The molecule has 1 N–H and O–H groups in total. The minimum Gasteiger partial charge on any atom is -0.393 e. The van der Waals surface area contributed by atoms with Crippen LogP contribution in [-0.4, -0.2) is 21.0 Å². The molecule has 0 bridgehead atoms. The Hall–Kier alpha value is -0.830. The van der Waals surface area contributed by atoms with Gasteiger partial charge in [-0.05, 0) is 32.3 Å². The van der Waals surface area contributed by atoms with E-state index in [1.165, 1.54) is 5.56 Å². The fourth-order valence-electron chi connectivity index (χ4n) is 1.76. The maximum Gasteiger partial charge on any atom is 0.0682 e. The van der Waals surface area contributed by atoms with Gasteiger partial charge in [0.05, 0.1) is 11.8 Å². The van der Waals surface area contributed by atoms with E-state index >= 15 is 0 Å². The molecule has 0 spiro atoms. The third-order valence-corrected chi connectivity index (χ3v) is 2.60. The first-order valence-electron chi connectivity index (χ1n) is 4.92. The third kappa shape index (κ3) is 1.61. The summed E-state index contributed by atoms with van der Waals surface area (Å²) in [6.07, 6.45) is 4.53. The molecule has 72 valence electrons. The van der Waals surface area contributed by atoms with E-state index in [1.807, 2.05) is 4.68 Å². The van der Waals surface area contributed by atoms with Crippen molar-refractivity contribution in [3.8, 4) is 0 Å². The van der Waals surface area contributed by atoms with Crippen LogP contribution in [0.25, 0.3) is 0 Å². The lowest BCUT2D eigenvalue weighted by atomic mass is 9.96. The summed E-state index contributed by atoms with van der Waals surface area (Å²) in [6, 6.07) is 0.419. The molecule has 0 radical (unpaired) electrons. The van der Waals surface area contributed by atoms with Crippen molar-refractivity contribution in [1.29, 1.82) is 0 Å². The Morgan fingerprint density at radius 1 is 1.62 bits per heavy atom. The van der Waals surface area contributed by atoms with Crippen molar-refractivity contribution in [3.05, 3.63) is 17.5 Å². The van der Waals surface area contributed by atoms with Crippen LogP contribution in [0.3, 0.4) is 0 Å². The number of rotatable bonds is 1. The number of hydrogen-bond acceptors (Lipinski definition) is 2. The van der Waals surface area contributed by atoms with Gasteiger partial charge in [-0.25, -0.2) is 0 Å². The zero-order chi connectivity index (χ0) is 9.42. The van der Waals surface area contributed by atoms with Crippen molar-refractivity contribution in [3.63, 3.8) is 0 Å². The van der Waals surface area contributed by atoms with E-state index < -0.39 is 0 Å². The maximum absolute atomic E-state index is 9.45. The van der Waals surface area contributed by atoms with Gasteiger partial charge in [-0.15, -0.1) is 0 Å². The average Bonchev–Trinajstić information content (AvgIpc) is 2.46. The second-order valence-electron chi connectivity index (χ2n) is 4.07. The number of aromatic nitrogens is 2. The van der Waals surface area contributed by atoms with Crippen LogP contribution in [0.5, 0.6) is 0 Å². The molecule has 1 aliphatic carbocycles. The molecule has 0 saturated carbocycles. The Bertz CT molecular complexity index is 304. The van der Waals surface area contributed by atoms with Gasteiger partial charge in [-0.3, -0.25) is 4.68 Å². The van der Waals surface area contributed by atoms with Crippen LogP contribution in [0.2, 0.25) is 0 Å². The molecule has 0 saturated heterocycles. The van der Waals surface area contributed by atoms with E-state index in [2.05, 4.69) is 25.1 Å². The Kier molecular flexibility index (Phi) is 2.12. The molecule has 3 heteroatoms. The fourth-order valence-corrected chi connectivity index (χ4v) is 1.76. The van der Waals surface area contributed by atoms with Crippen LogP contribution in [0.15, 0.2) is 6.20 Å². The predicted molar refractivity (Wildman–Crippen MR) is 50.6 cm³/mol. The Balaban J connectivity index is 2.28. The van der Waals surface area contributed by atoms with E-state index in [-0.39, 0.29) is 6.10 Å². The summed E-state index contributed by atoms with van der Waals surface area (Å²) in [5.74, 6) is 0. The second-order valence-corrected chi connectivity index (χ2v) is 4.07. The van der Waals surface area contributed by atoms with Crippen molar-refractivity contribution >= 4 is 0 Å². The minimum absolute atomic E-state index is 0.178. The number of hydrogen-bond donors (Lipinski definition) is 1. The molecule has 1 atom stereocenters. The molecule has 2 rings (SSSR count). The van der Waals surface area contributed by atoms with Gasteiger partial charge in [0.25, 0.3) is 0 Å². The second kappa shape index (κ2) is 3.14. The minimum atomic E-state index is -0.178. The number of aliphatic hydroxyl groups excluding tert-OH is 1. The highest BCUT2D eigenvalue weighted by molar-refractivity contribution is 5.21. The standard InChI is InChI=1S/C10H16N2O/c1-7(2)12-6-8-3-4-9(13)5-10(8)11-12/h6-7,9,13H,3-5H2,1-2H3. The Morgan fingerprint density at radius 3 is 3.08 bits per heavy atom. The van der Waals surface area contributed by atoms with Crippen LogP contribution in [-0.2, 0) is 12.8 Å².